The molecule has 3 N–H and O–H groups in total. The third kappa shape index (κ3) is 10.6. The smallest absolute Gasteiger partial charge is 0.316 e. The normalized spacial score (nSPS) is 47.3. The fourth-order valence-corrected chi connectivity index (χ4v) is 11.0. The van der Waals surface area contributed by atoms with Gasteiger partial charge in [0.25, 0.3) is 0 Å². The Morgan fingerprint density at radius 1 is 0.938 bits per heavy atom. The van der Waals surface area contributed by atoms with Crippen LogP contribution in [0.1, 0.15) is 101 Å². The van der Waals surface area contributed by atoms with Gasteiger partial charge in [0.05, 0.1) is 55.4 Å². The van der Waals surface area contributed by atoms with Gasteiger partial charge < -0.3 is 62.9 Å². The molecule has 1 aliphatic carbocycles. The van der Waals surface area contributed by atoms with Gasteiger partial charge in [0, 0.05) is 58.7 Å². The third-order valence-corrected chi connectivity index (χ3v) is 14.9. The first kappa shape index (κ1) is 50.1. The minimum atomic E-state index is -1.84. The molecule has 7 aliphatic rings. The molecular weight excluding hydrogens is 839 g/mol. The van der Waals surface area contributed by atoms with Crippen molar-refractivity contribution in [3.63, 3.8) is 0 Å². The molecule has 364 valence electrons. The van der Waals surface area contributed by atoms with E-state index in [-0.39, 0.29) is 61.0 Å². The summed E-state index contributed by atoms with van der Waals surface area (Å²) in [6.07, 6.45) is 9.46. The van der Waals surface area contributed by atoms with Crippen LogP contribution in [0.2, 0.25) is 0 Å². The maximum atomic E-state index is 14.4. The van der Waals surface area contributed by atoms with Crippen molar-refractivity contribution in [1.29, 1.82) is 0 Å². The average Bonchev–Trinajstić information content (AvgIpc) is 3.61. The number of carbonyl (C=O) groups is 2. The first-order valence-corrected chi connectivity index (χ1v) is 23.8. The Labute approximate surface area is 385 Å². The van der Waals surface area contributed by atoms with Gasteiger partial charge in [0.1, 0.15) is 35.9 Å². The van der Waals surface area contributed by atoms with E-state index in [4.69, 9.17) is 47.4 Å². The zero-order chi connectivity index (χ0) is 47.0. The number of fused-ring (bicyclic) bond motifs is 2. The topological polar surface area (TPSA) is 179 Å². The minimum Gasteiger partial charge on any atom is -0.462 e. The van der Waals surface area contributed by atoms with Crippen LogP contribution in [-0.4, -0.2) is 140 Å². The zero-order valence-corrected chi connectivity index (χ0v) is 40.2. The predicted molar refractivity (Wildman–Crippen MR) is 239 cm³/mol. The highest BCUT2D eigenvalue weighted by atomic mass is 16.7. The summed E-state index contributed by atoms with van der Waals surface area (Å²) in [6, 6.07) is -0.315. The highest BCUT2D eigenvalue weighted by Crippen LogP contribution is 2.47. The number of aliphatic hydroxyl groups is 2. The van der Waals surface area contributed by atoms with Crippen LogP contribution in [-0.2, 0) is 57.0 Å². The van der Waals surface area contributed by atoms with E-state index in [2.05, 4.69) is 45.2 Å². The summed E-state index contributed by atoms with van der Waals surface area (Å²) in [5, 5.41) is 26.7. The highest BCUT2D eigenvalue weighted by molar-refractivity contribution is 5.78. The molecule has 0 aromatic carbocycles. The fourth-order valence-electron chi connectivity index (χ4n) is 11.0. The molecule has 0 aromatic heterocycles. The fraction of sp³-hybridized carbons (Fsp3) is 0.760. The van der Waals surface area contributed by atoms with Crippen LogP contribution >= 0.6 is 0 Å². The van der Waals surface area contributed by atoms with Gasteiger partial charge in [0.15, 0.2) is 18.4 Å². The number of amides is 1. The molecule has 15 nitrogen and oxygen atoms in total. The summed E-state index contributed by atoms with van der Waals surface area (Å²) in [7, 11) is 3.27. The molecule has 1 amide bonds. The van der Waals surface area contributed by atoms with Gasteiger partial charge in [-0.2, -0.15) is 0 Å². The molecular formula is C50H75NO14. The second kappa shape index (κ2) is 20.8. The van der Waals surface area contributed by atoms with E-state index in [1.807, 2.05) is 39.0 Å². The van der Waals surface area contributed by atoms with Crippen molar-refractivity contribution < 1.29 is 67.2 Å². The van der Waals surface area contributed by atoms with Crippen molar-refractivity contribution in [1.82, 2.24) is 5.32 Å². The van der Waals surface area contributed by atoms with E-state index in [1.165, 1.54) is 6.92 Å². The van der Waals surface area contributed by atoms with Crippen LogP contribution in [0, 0.1) is 23.7 Å². The van der Waals surface area contributed by atoms with Crippen LogP contribution < -0.4 is 5.32 Å². The number of carbonyl (C=O) groups excluding carboxylic acids is 2. The molecule has 1 spiro atoms. The number of hydrogen-bond acceptors (Lipinski definition) is 14. The molecule has 0 unspecified atom stereocenters. The molecule has 7 rings (SSSR count). The van der Waals surface area contributed by atoms with Crippen molar-refractivity contribution in [3.8, 4) is 0 Å². The van der Waals surface area contributed by atoms with Crippen LogP contribution in [0.3, 0.4) is 0 Å². The molecule has 4 fully saturated rings. The maximum Gasteiger partial charge on any atom is 0.316 e. The average molecular weight is 914 g/mol. The minimum absolute atomic E-state index is 0.0270. The lowest BCUT2D eigenvalue weighted by Gasteiger charge is -2.48. The predicted octanol–water partition coefficient (Wildman–Crippen LogP) is 5.52. The van der Waals surface area contributed by atoms with Crippen LogP contribution in [0.5, 0.6) is 0 Å². The summed E-state index contributed by atoms with van der Waals surface area (Å²) < 4.78 is 64.4. The lowest BCUT2D eigenvalue weighted by molar-refractivity contribution is -0.311. The van der Waals surface area contributed by atoms with Crippen LogP contribution in [0.25, 0.3) is 0 Å². The van der Waals surface area contributed by atoms with Gasteiger partial charge >= 0.3 is 5.97 Å². The van der Waals surface area contributed by atoms with Gasteiger partial charge in [-0.15, -0.1) is 0 Å². The molecule has 15 heteroatoms. The van der Waals surface area contributed by atoms with Gasteiger partial charge in [-0.1, -0.05) is 70.6 Å². The van der Waals surface area contributed by atoms with Gasteiger partial charge in [-0.25, -0.2) is 0 Å². The summed E-state index contributed by atoms with van der Waals surface area (Å²) >= 11 is 0. The lowest BCUT2D eigenvalue weighted by atomic mass is 9.71. The first-order chi connectivity index (χ1) is 30.9. The zero-order valence-electron chi connectivity index (χ0n) is 40.2. The quantitative estimate of drug-likeness (QED) is 0.195. The van der Waals surface area contributed by atoms with Crippen molar-refractivity contribution in [3.05, 3.63) is 59.3 Å². The van der Waals surface area contributed by atoms with E-state index in [9.17, 15) is 19.8 Å². The van der Waals surface area contributed by atoms with Gasteiger partial charge in [-0.05, 0) is 62.8 Å². The van der Waals surface area contributed by atoms with Crippen molar-refractivity contribution >= 4 is 11.9 Å². The number of esters is 1. The lowest BCUT2D eigenvalue weighted by Crippen LogP contribution is -2.58. The molecule has 0 aromatic rings. The van der Waals surface area contributed by atoms with E-state index in [0.717, 1.165) is 12.0 Å². The molecule has 20 atom stereocenters. The standard InChI is InChI=1S/C50H75NO14/c1-12-26(2)45-29(5)18-19-49(65-45)24-36-21-35(64-49)17-16-28(4)44(27(3)14-13-15-34-25-58-47-43(53)30(6)20-37(48(54)61-36)50(34,47)55)62-41-23-39(57-11)46(32(8)60-41)63-40-22-38(56-10)42(31(7)59-40)51-33(9)52/h13-16,18-20,26-27,29,31-32,35-47,53,55H,12,17,21-25H2,1-11H3,(H,51,52)/b14-13+,28-16+,34-15+/t26-,27-,29-,31+,32+,35+,36+,37+,38+,39+,40+,41+,42-,43-,44-,45+,46-,47+,49+,50+/m0/s1. The Hall–Kier alpha value is -2.80. The largest absolute Gasteiger partial charge is 0.462 e. The summed E-state index contributed by atoms with van der Waals surface area (Å²) in [4.78, 5) is 26.3. The Morgan fingerprint density at radius 3 is 2.35 bits per heavy atom. The second-order valence-corrected chi connectivity index (χ2v) is 19.7. The molecule has 6 heterocycles. The third-order valence-electron chi connectivity index (χ3n) is 14.9. The van der Waals surface area contributed by atoms with Crippen molar-refractivity contribution in [2.45, 2.75) is 198 Å². The molecule has 4 saturated heterocycles. The Morgan fingerprint density at radius 2 is 1.65 bits per heavy atom. The Bertz CT molecular complexity index is 1850. The number of ether oxygens (including phenoxy) is 10. The molecule has 0 saturated carbocycles. The monoisotopic (exact) mass is 914 g/mol. The first-order valence-electron chi connectivity index (χ1n) is 23.8. The van der Waals surface area contributed by atoms with E-state index in [0.29, 0.717) is 36.8 Å². The maximum absolute atomic E-state index is 14.4. The number of methoxy groups -OCH3 is 2. The summed E-state index contributed by atoms with van der Waals surface area (Å²) in [5.74, 6) is -2.75. The van der Waals surface area contributed by atoms with Crippen LogP contribution in [0.4, 0.5) is 0 Å². The Kier molecular flexibility index (Phi) is 16.0. The molecule has 0 radical (unpaired) electrons. The number of allylic oxidation sites excluding steroid dienone is 2. The summed E-state index contributed by atoms with van der Waals surface area (Å²) in [6.45, 7) is 17.7. The van der Waals surface area contributed by atoms with Gasteiger partial charge in [-0.3, -0.25) is 9.59 Å². The number of nitrogens with one attached hydrogen (secondary N) is 1. The highest BCUT2D eigenvalue weighted by Gasteiger charge is 2.60. The second-order valence-electron chi connectivity index (χ2n) is 19.7. The van der Waals surface area contributed by atoms with E-state index < -0.39 is 84.7 Å². The number of aliphatic hydroxyl groups excluding tert-OH is 1. The number of hydrogen-bond donors (Lipinski definition) is 3. The molecule has 2 bridgehead atoms. The Balaban J connectivity index is 1.16. The van der Waals surface area contributed by atoms with E-state index in [1.54, 1.807) is 33.3 Å². The number of rotatable bonds is 9. The van der Waals surface area contributed by atoms with Crippen molar-refractivity contribution in [2.24, 2.45) is 23.7 Å². The summed E-state index contributed by atoms with van der Waals surface area (Å²) in [5.41, 5.74) is 0.116. The van der Waals surface area contributed by atoms with Gasteiger partial charge in [0.2, 0.25) is 5.91 Å². The van der Waals surface area contributed by atoms with Crippen LogP contribution in [0.15, 0.2) is 59.3 Å². The molecule has 6 aliphatic heterocycles. The SMILES string of the molecule is CC[C@H](C)[C@H]1O[C@]2(C=C[C@@H]1C)C[C@H]1C[C@@H](C/C=C(\C)[C@@H](O[C@@H]3C[C@@H](OC)[C@@H](O[C@@H]4C[C@@H](OC)[C@@H](NC(C)=O)[C@@H](C)O4)[C@@H](C)O3)[C@@H](C)/C=C/C=C3\CO[C@@H]4[C@@H](O)C(C)=C[C@H](C(=O)O1)[C@]34O)O2. The van der Waals surface area contributed by atoms with Crippen molar-refractivity contribution in [2.75, 3.05) is 20.8 Å². The molecule has 65 heavy (non-hydrogen) atoms. The van der Waals surface area contributed by atoms with E-state index >= 15 is 0 Å².